The monoisotopic (exact) mass is 278 g/mol. The molecule has 0 aliphatic rings. The van der Waals surface area contributed by atoms with E-state index in [-0.39, 0.29) is 16.8 Å². The predicted octanol–water partition coefficient (Wildman–Crippen LogP) is 1.77. The lowest BCUT2D eigenvalue weighted by atomic mass is 10.3. The highest BCUT2D eigenvalue weighted by molar-refractivity contribution is 7.80. The van der Waals surface area contributed by atoms with Crippen molar-refractivity contribution in [1.82, 2.24) is 5.32 Å². The smallest absolute Gasteiger partial charge is 0.406 e. The fourth-order valence-corrected chi connectivity index (χ4v) is 1.25. The molecule has 1 rings (SSSR count). The lowest BCUT2D eigenvalue weighted by Gasteiger charge is -2.11. The maximum Gasteiger partial charge on any atom is 0.573 e. The molecule has 0 aliphatic heterocycles. The maximum atomic E-state index is 11.9. The van der Waals surface area contributed by atoms with Gasteiger partial charge in [-0.2, -0.15) is 0 Å². The molecule has 18 heavy (non-hydrogen) atoms. The van der Waals surface area contributed by atoms with Crippen molar-refractivity contribution in [3.63, 3.8) is 0 Å². The van der Waals surface area contributed by atoms with Crippen molar-refractivity contribution in [3.05, 3.63) is 24.3 Å². The van der Waals surface area contributed by atoms with Gasteiger partial charge in [0.15, 0.2) is 11.1 Å². The Bertz CT molecular complexity index is 446. The molecule has 0 radical (unpaired) electrons. The van der Waals surface area contributed by atoms with Crippen LogP contribution in [0.2, 0.25) is 0 Å². The minimum atomic E-state index is -4.72. The zero-order valence-electron chi connectivity index (χ0n) is 8.84. The fourth-order valence-electron chi connectivity index (χ4n) is 1.02. The van der Waals surface area contributed by atoms with Crippen LogP contribution in [0.1, 0.15) is 0 Å². The van der Waals surface area contributed by atoms with Gasteiger partial charge in [-0.3, -0.25) is 5.41 Å². The molecule has 5 nitrogen and oxygen atoms in total. The standard InChI is InChI=1S/C9H9F3N4OS/c10-9(11,12)17-6-3-1-5(2-4-6)15-8(18)16-7(13)14/h1-4H,(H5,13,14,15,16,18). The Hall–Kier alpha value is -2.03. The first kappa shape index (κ1) is 14.0. The van der Waals surface area contributed by atoms with E-state index in [0.717, 1.165) is 12.1 Å². The summed E-state index contributed by atoms with van der Waals surface area (Å²) in [6.45, 7) is 0. The third-order valence-electron chi connectivity index (χ3n) is 1.59. The summed E-state index contributed by atoms with van der Waals surface area (Å²) in [6, 6.07) is 4.95. The summed E-state index contributed by atoms with van der Waals surface area (Å²) in [7, 11) is 0. The second-order valence-corrected chi connectivity index (χ2v) is 3.47. The first-order chi connectivity index (χ1) is 8.26. The Morgan fingerprint density at radius 3 is 2.28 bits per heavy atom. The molecule has 0 aliphatic carbocycles. The van der Waals surface area contributed by atoms with Gasteiger partial charge < -0.3 is 21.1 Å². The van der Waals surface area contributed by atoms with E-state index < -0.39 is 6.36 Å². The molecule has 0 heterocycles. The van der Waals surface area contributed by atoms with Crippen LogP contribution in [0.3, 0.4) is 0 Å². The number of alkyl halides is 3. The van der Waals surface area contributed by atoms with Gasteiger partial charge in [-0.05, 0) is 36.5 Å². The van der Waals surface area contributed by atoms with Crippen molar-refractivity contribution in [3.8, 4) is 5.75 Å². The van der Waals surface area contributed by atoms with Gasteiger partial charge in [-0.25, -0.2) is 0 Å². The molecule has 0 bridgehead atoms. The summed E-state index contributed by atoms with van der Waals surface area (Å²) >= 11 is 4.78. The van der Waals surface area contributed by atoms with Gasteiger partial charge in [0.05, 0.1) is 0 Å². The zero-order chi connectivity index (χ0) is 13.8. The second-order valence-electron chi connectivity index (χ2n) is 3.06. The summed E-state index contributed by atoms with van der Waals surface area (Å²) in [5.41, 5.74) is 5.47. The molecule has 1 aromatic carbocycles. The third-order valence-corrected chi connectivity index (χ3v) is 1.80. The molecule has 0 saturated heterocycles. The highest BCUT2D eigenvalue weighted by Gasteiger charge is 2.30. The van der Waals surface area contributed by atoms with Crippen LogP contribution in [0.25, 0.3) is 0 Å². The van der Waals surface area contributed by atoms with Gasteiger partial charge >= 0.3 is 6.36 Å². The molecule has 98 valence electrons. The number of guanidine groups is 1. The van der Waals surface area contributed by atoms with Gasteiger partial charge in [0.1, 0.15) is 5.75 Å². The van der Waals surface area contributed by atoms with E-state index in [1.54, 1.807) is 0 Å². The van der Waals surface area contributed by atoms with Gasteiger partial charge in [-0.1, -0.05) is 0 Å². The molecular formula is C9H9F3N4OS. The number of nitrogens with two attached hydrogens (primary N) is 1. The summed E-state index contributed by atoms with van der Waals surface area (Å²) in [4.78, 5) is 0. The van der Waals surface area contributed by atoms with Crippen LogP contribution in [0.4, 0.5) is 18.9 Å². The van der Waals surface area contributed by atoms with Crippen molar-refractivity contribution >= 4 is 29.0 Å². The molecule has 0 unspecified atom stereocenters. The van der Waals surface area contributed by atoms with Crippen LogP contribution >= 0.6 is 12.2 Å². The average molecular weight is 278 g/mol. The SMILES string of the molecule is N=C(N)NC(=S)Nc1ccc(OC(F)(F)F)cc1. The average Bonchev–Trinajstić information content (AvgIpc) is 2.17. The van der Waals surface area contributed by atoms with Gasteiger partial charge in [-0.15, -0.1) is 13.2 Å². The van der Waals surface area contributed by atoms with Crippen LogP contribution in [0.15, 0.2) is 24.3 Å². The topological polar surface area (TPSA) is 83.2 Å². The summed E-state index contributed by atoms with van der Waals surface area (Å²) in [5, 5.41) is 11.9. The molecule has 0 aromatic heterocycles. The van der Waals surface area contributed by atoms with Gasteiger partial charge in [0.25, 0.3) is 0 Å². The van der Waals surface area contributed by atoms with Crippen LogP contribution in [-0.2, 0) is 0 Å². The lowest BCUT2D eigenvalue weighted by molar-refractivity contribution is -0.274. The van der Waals surface area contributed by atoms with Gasteiger partial charge in [0, 0.05) is 5.69 Å². The number of thiocarbonyl (C=S) groups is 1. The van der Waals surface area contributed by atoms with E-state index in [4.69, 9.17) is 23.4 Å². The van der Waals surface area contributed by atoms with E-state index >= 15 is 0 Å². The lowest BCUT2D eigenvalue weighted by Crippen LogP contribution is -2.38. The molecule has 0 saturated carbocycles. The Balaban J connectivity index is 2.60. The third kappa shape index (κ3) is 5.34. The number of benzene rings is 1. The summed E-state index contributed by atoms with van der Waals surface area (Å²) in [5.74, 6) is -0.678. The van der Waals surface area contributed by atoms with Crippen molar-refractivity contribution in [2.75, 3.05) is 5.32 Å². The molecular weight excluding hydrogens is 269 g/mol. The molecule has 5 N–H and O–H groups in total. The number of nitrogens with one attached hydrogen (secondary N) is 3. The Kier molecular flexibility index (Phi) is 4.32. The predicted molar refractivity (Wildman–Crippen MR) is 64.4 cm³/mol. The van der Waals surface area contributed by atoms with Crippen molar-refractivity contribution in [2.24, 2.45) is 5.73 Å². The quantitative estimate of drug-likeness (QED) is 0.376. The van der Waals surface area contributed by atoms with Crippen LogP contribution < -0.4 is 21.1 Å². The number of ether oxygens (including phenoxy) is 1. The number of hydrogen-bond donors (Lipinski definition) is 4. The molecule has 9 heteroatoms. The van der Waals surface area contributed by atoms with E-state index in [1.807, 2.05) is 0 Å². The number of rotatable bonds is 2. The van der Waals surface area contributed by atoms with Gasteiger partial charge in [0.2, 0.25) is 0 Å². The zero-order valence-corrected chi connectivity index (χ0v) is 9.65. The first-order valence-corrected chi connectivity index (χ1v) is 4.95. The highest BCUT2D eigenvalue weighted by Crippen LogP contribution is 2.23. The van der Waals surface area contributed by atoms with Crippen LogP contribution in [0.5, 0.6) is 5.75 Å². The van der Waals surface area contributed by atoms with Crippen molar-refractivity contribution < 1.29 is 17.9 Å². The molecule has 0 amide bonds. The Morgan fingerprint density at radius 1 is 1.28 bits per heavy atom. The van der Waals surface area contributed by atoms with Crippen molar-refractivity contribution in [1.29, 1.82) is 5.41 Å². The summed E-state index contributed by atoms with van der Waals surface area (Å²) < 4.78 is 39.4. The first-order valence-electron chi connectivity index (χ1n) is 4.54. The molecule has 1 aromatic rings. The highest BCUT2D eigenvalue weighted by atomic mass is 32.1. The van der Waals surface area contributed by atoms with E-state index in [0.29, 0.717) is 5.69 Å². The van der Waals surface area contributed by atoms with Crippen LogP contribution in [0, 0.1) is 5.41 Å². The number of anilines is 1. The fraction of sp³-hybridized carbons (Fsp3) is 0.111. The minimum absolute atomic E-state index is 0.0620. The Labute approximate surface area is 106 Å². The molecule has 0 spiro atoms. The molecule has 0 atom stereocenters. The summed E-state index contributed by atoms with van der Waals surface area (Å²) in [6.07, 6.45) is -4.72. The second kappa shape index (κ2) is 5.54. The van der Waals surface area contributed by atoms with E-state index in [2.05, 4.69) is 15.4 Å². The largest absolute Gasteiger partial charge is 0.573 e. The normalized spacial score (nSPS) is 10.6. The van der Waals surface area contributed by atoms with E-state index in [9.17, 15) is 13.2 Å². The van der Waals surface area contributed by atoms with Crippen LogP contribution in [-0.4, -0.2) is 17.4 Å². The maximum absolute atomic E-state index is 11.9. The minimum Gasteiger partial charge on any atom is -0.406 e. The number of halogens is 3. The van der Waals surface area contributed by atoms with E-state index in [1.165, 1.54) is 12.1 Å². The molecule has 0 fully saturated rings. The number of hydrogen-bond acceptors (Lipinski definition) is 3. The Morgan fingerprint density at radius 2 is 1.83 bits per heavy atom. The van der Waals surface area contributed by atoms with Crippen molar-refractivity contribution in [2.45, 2.75) is 6.36 Å².